The van der Waals surface area contributed by atoms with Crippen molar-refractivity contribution in [2.24, 2.45) is 5.14 Å². The minimum absolute atomic E-state index is 0.0841. The lowest BCUT2D eigenvalue weighted by atomic mass is 9.86. The molecular weight excluding hydrogens is 364 g/mol. The van der Waals surface area contributed by atoms with Gasteiger partial charge in [-0.05, 0) is 41.2 Å². The number of nitrogens with one attached hydrogen (secondary N) is 1. The molecule has 2 aromatic carbocycles. The Morgan fingerprint density at radius 2 is 1.74 bits per heavy atom. The topological polar surface area (TPSA) is 98.5 Å². The van der Waals surface area contributed by atoms with Crippen LogP contribution in [-0.4, -0.2) is 21.4 Å². The molecule has 0 aromatic heterocycles. The Morgan fingerprint density at radius 1 is 1.11 bits per heavy atom. The number of amides is 1. The van der Waals surface area contributed by atoms with E-state index in [9.17, 15) is 13.2 Å². The van der Waals surface area contributed by atoms with E-state index in [4.69, 9.17) is 9.88 Å². The minimum atomic E-state index is -3.86. The lowest BCUT2D eigenvalue weighted by Crippen LogP contribution is -2.16. The van der Waals surface area contributed by atoms with Gasteiger partial charge < -0.3 is 10.1 Å². The van der Waals surface area contributed by atoms with Crippen LogP contribution in [0.1, 0.15) is 38.3 Å². The Labute approximate surface area is 160 Å². The number of primary sulfonamides is 1. The normalized spacial score (nSPS) is 11.9. The Hall–Kier alpha value is -2.38. The third kappa shape index (κ3) is 5.80. The lowest BCUT2D eigenvalue weighted by Gasteiger charge is -2.19. The number of anilines is 1. The quantitative estimate of drug-likeness (QED) is 0.791. The first kappa shape index (κ1) is 20.9. The maximum absolute atomic E-state index is 12.3. The van der Waals surface area contributed by atoms with Gasteiger partial charge in [0.25, 0.3) is 0 Å². The van der Waals surface area contributed by atoms with Crippen molar-refractivity contribution >= 4 is 21.6 Å². The zero-order chi connectivity index (χ0) is 20.2. The van der Waals surface area contributed by atoms with Gasteiger partial charge in [0.05, 0.1) is 17.7 Å². The second-order valence-electron chi connectivity index (χ2n) is 7.40. The molecule has 0 saturated carbocycles. The first-order valence-electron chi connectivity index (χ1n) is 8.61. The van der Waals surface area contributed by atoms with Crippen LogP contribution in [0.5, 0.6) is 5.75 Å². The van der Waals surface area contributed by atoms with Gasteiger partial charge in [0.15, 0.2) is 0 Å². The molecular formula is C20H26N2O4S. The van der Waals surface area contributed by atoms with Gasteiger partial charge in [0.2, 0.25) is 15.9 Å². The molecule has 0 saturated heterocycles. The fourth-order valence-electron chi connectivity index (χ4n) is 2.60. The summed E-state index contributed by atoms with van der Waals surface area (Å²) in [6.07, 6.45) is 0.838. The average molecular weight is 391 g/mol. The van der Waals surface area contributed by atoms with E-state index in [2.05, 4.69) is 38.2 Å². The molecule has 6 nitrogen and oxygen atoms in total. The Balaban J connectivity index is 2.05. The summed E-state index contributed by atoms with van der Waals surface area (Å²) >= 11 is 0. The fraction of sp³-hybridized carbons (Fsp3) is 0.350. The number of methoxy groups -OCH3 is 1. The Kier molecular flexibility index (Phi) is 6.28. The first-order chi connectivity index (χ1) is 12.5. The molecule has 2 rings (SSSR count). The van der Waals surface area contributed by atoms with Gasteiger partial charge in [-0.2, -0.15) is 0 Å². The molecule has 0 bridgehead atoms. The van der Waals surface area contributed by atoms with Crippen LogP contribution in [0.3, 0.4) is 0 Å². The standard InChI is InChI=1S/C20H26N2O4S/c1-20(2,3)15-8-5-14(6-9-15)7-12-19(23)22-17-13-16(27(21,24)25)10-11-18(17)26-4/h5-6,8-11,13H,7,12H2,1-4H3,(H,22,23)(H2,21,24,25). The van der Waals surface area contributed by atoms with Crippen molar-refractivity contribution in [1.82, 2.24) is 0 Å². The van der Waals surface area contributed by atoms with Gasteiger partial charge >= 0.3 is 0 Å². The van der Waals surface area contributed by atoms with E-state index in [1.807, 2.05) is 12.1 Å². The van der Waals surface area contributed by atoms with Crippen LogP contribution in [0.15, 0.2) is 47.4 Å². The summed E-state index contributed by atoms with van der Waals surface area (Å²) in [5.41, 5.74) is 2.65. The number of nitrogens with two attached hydrogens (primary N) is 1. The summed E-state index contributed by atoms with van der Waals surface area (Å²) in [6, 6.07) is 12.3. The van der Waals surface area contributed by atoms with Crippen molar-refractivity contribution in [2.45, 2.75) is 43.9 Å². The van der Waals surface area contributed by atoms with E-state index in [-0.39, 0.29) is 28.3 Å². The smallest absolute Gasteiger partial charge is 0.238 e. The third-order valence-corrected chi connectivity index (χ3v) is 5.15. The average Bonchev–Trinajstić information content (AvgIpc) is 2.58. The highest BCUT2D eigenvalue weighted by Gasteiger charge is 2.15. The first-order valence-corrected chi connectivity index (χ1v) is 10.2. The number of sulfonamides is 1. The minimum Gasteiger partial charge on any atom is -0.495 e. The molecule has 0 fully saturated rings. The van der Waals surface area contributed by atoms with E-state index in [0.717, 1.165) is 5.56 Å². The van der Waals surface area contributed by atoms with E-state index >= 15 is 0 Å². The van der Waals surface area contributed by atoms with Crippen molar-refractivity contribution in [2.75, 3.05) is 12.4 Å². The largest absolute Gasteiger partial charge is 0.495 e. The molecule has 0 aliphatic carbocycles. The summed E-state index contributed by atoms with van der Waals surface area (Å²) < 4.78 is 28.2. The summed E-state index contributed by atoms with van der Waals surface area (Å²) in [6.45, 7) is 6.45. The number of ether oxygens (including phenoxy) is 1. The van der Waals surface area contributed by atoms with Crippen LogP contribution >= 0.6 is 0 Å². The van der Waals surface area contributed by atoms with Crippen molar-refractivity contribution < 1.29 is 17.9 Å². The molecule has 3 N–H and O–H groups in total. The maximum atomic E-state index is 12.3. The van der Waals surface area contributed by atoms with E-state index < -0.39 is 10.0 Å². The van der Waals surface area contributed by atoms with Crippen molar-refractivity contribution in [1.29, 1.82) is 0 Å². The zero-order valence-corrected chi connectivity index (χ0v) is 16.9. The Morgan fingerprint density at radius 3 is 2.26 bits per heavy atom. The maximum Gasteiger partial charge on any atom is 0.238 e. The van der Waals surface area contributed by atoms with Gasteiger partial charge in [-0.15, -0.1) is 0 Å². The van der Waals surface area contributed by atoms with Crippen LogP contribution in [0.2, 0.25) is 0 Å². The highest BCUT2D eigenvalue weighted by atomic mass is 32.2. The fourth-order valence-corrected chi connectivity index (χ4v) is 3.14. The highest BCUT2D eigenvalue weighted by Crippen LogP contribution is 2.27. The molecule has 0 spiro atoms. The summed E-state index contributed by atoms with van der Waals surface area (Å²) in [7, 11) is -2.42. The molecule has 0 heterocycles. The van der Waals surface area contributed by atoms with Gasteiger partial charge in [-0.3, -0.25) is 4.79 Å². The number of rotatable bonds is 6. The highest BCUT2D eigenvalue weighted by molar-refractivity contribution is 7.89. The second kappa shape index (κ2) is 8.10. The van der Waals surface area contributed by atoms with Gasteiger partial charge in [-0.1, -0.05) is 45.0 Å². The number of carbonyl (C=O) groups excluding carboxylic acids is 1. The SMILES string of the molecule is COc1ccc(S(N)(=O)=O)cc1NC(=O)CCc1ccc(C(C)(C)C)cc1. The molecule has 1 amide bonds. The number of hydrogen-bond acceptors (Lipinski definition) is 4. The molecule has 0 aliphatic rings. The van der Waals surface area contributed by atoms with Crippen LogP contribution in [-0.2, 0) is 26.7 Å². The van der Waals surface area contributed by atoms with E-state index in [1.165, 1.54) is 30.9 Å². The van der Waals surface area contributed by atoms with Gasteiger partial charge in [0, 0.05) is 6.42 Å². The summed E-state index contributed by atoms with van der Waals surface area (Å²) in [4.78, 5) is 12.2. The number of aryl methyl sites for hydroxylation is 1. The predicted octanol–water partition coefficient (Wildman–Crippen LogP) is 3.21. The molecule has 0 aliphatic heterocycles. The molecule has 0 unspecified atom stereocenters. The van der Waals surface area contributed by atoms with Crippen molar-refractivity contribution in [3.8, 4) is 5.75 Å². The van der Waals surface area contributed by atoms with Crippen molar-refractivity contribution in [3.05, 3.63) is 53.6 Å². The van der Waals surface area contributed by atoms with Crippen LogP contribution in [0.4, 0.5) is 5.69 Å². The van der Waals surface area contributed by atoms with E-state index in [1.54, 1.807) is 0 Å². The monoisotopic (exact) mass is 390 g/mol. The Bertz CT molecular complexity index is 914. The van der Waals surface area contributed by atoms with Crippen LogP contribution in [0, 0.1) is 0 Å². The van der Waals surface area contributed by atoms with Crippen LogP contribution < -0.4 is 15.2 Å². The summed E-state index contributed by atoms with van der Waals surface area (Å²) in [5.74, 6) is 0.130. The molecule has 7 heteroatoms. The van der Waals surface area contributed by atoms with Crippen molar-refractivity contribution in [3.63, 3.8) is 0 Å². The molecule has 2 aromatic rings. The number of hydrogen-bond donors (Lipinski definition) is 2. The molecule has 27 heavy (non-hydrogen) atoms. The third-order valence-electron chi connectivity index (χ3n) is 4.23. The summed E-state index contributed by atoms with van der Waals surface area (Å²) in [5, 5.41) is 7.84. The molecule has 146 valence electrons. The zero-order valence-electron chi connectivity index (χ0n) is 16.1. The number of carbonyl (C=O) groups is 1. The van der Waals surface area contributed by atoms with E-state index in [0.29, 0.717) is 12.2 Å². The van der Waals surface area contributed by atoms with Crippen LogP contribution in [0.25, 0.3) is 0 Å². The molecule has 0 radical (unpaired) electrons. The van der Waals surface area contributed by atoms with Gasteiger partial charge in [0.1, 0.15) is 5.75 Å². The lowest BCUT2D eigenvalue weighted by molar-refractivity contribution is -0.116. The second-order valence-corrected chi connectivity index (χ2v) is 8.96. The van der Waals surface area contributed by atoms with Gasteiger partial charge in [-0.25, -0.2) is 13.6 Å². The predicted molar refractivity (Wildman–Crippen MR) is 106 cm³/mol. The number of benzene rings is 2. The molecule has 0 atom stereocenters.